The van der Waals surface area contributed by atoms with Gasteiger partial charge in [0.1, 0.15) is 22.3 Å². The van der Waals surface area contributed by atoms with Crippen molar-refractivity contribution in [2.45, 2.75) is 0 Å². The quantitative estimate of drug-likeness (QED) is 0.197. The zero-order valence-corrected chi connectivity index (χ0v) is 23.7. The Morgan fingerprint density at radius 1 is 0.318 bits per heavy atom. The molecule has 0 spiro atoms. The molecule has 2 aromatic heterocycles. The lowest BCUT2D eigenvalue weighted by molar-refractivity contribution is 0.665. The Labute approximate surface area is 252 Å². The number of hydrogen-bond acceptors (Lipinski definition) is 2. The summed E-state index contributed by atoms with van der Waals surface area (Å²) in [6.45, 7) is 0. The van der Waals surface area contributed by atoms with Crippen molar-refractivity contribution in [3.05, 3.63) is 146 Å². The van der Waals surface area contributed by atoms with Gasteiger partial charge in [-0.15, -0.1) is 0 Å². The Morgan fingerprint density at radius 3 is 1.61 bits per heavy atom. The average molecular weight is 561 g/mol. The number of hydrogen-bond donors (Lipinski definition) is 0. The van der Waals surface area contributed by atoms with Crippen molar-refractivity contribution < 1.29 is 8.83 Å². The highest BCUT2D eigenvalue weighted by Crippen LogP contribution is 2.46. The maximum absolute atomic E-state index is 6.76. The molecule has 44 heavy (non-hydrogen) atoms. The molecule has 0 bridgehead atoms. The molecule has 0 unspecified atom stereocenters. The molecule has 0 atom stereocenters. The first-order valence-corrected chi connectivity index (χ1v) is 15.0. The molecule has 10 aromatic rings. The Balaban J connectivity index is 1.27. The summed E-state index contributed by atoms with van der Waals surface area (Å²) in [6.07, 6.45) is 0. The number of fused-ring (bicyclic) bond motifs is 11. The van der Waals surface area contributed by atoms with E-state index in [1.165, 1.54) is 43.6 Å². The molecule has 2 heterocycles. The van der Waals surface area contributed by atoms with Crippen LogP contribution in [0.5, 0.6) is 0 Å². The van der Waals surface area contributed by atoms with Crippen LogP contribution in [0.15, 0.2) is 154 Å². The minimum absolute atomic E-state index is 0.844. The fourth-order valence-electron chi connectivity index (χ4n) is 7.33. The molecule has 2 nitrogen and oxygen atoms in total. The van der Waals surface area contributed by atoms with Gasteiger partial charge in [0.05, 0.1) is 5.39 Å². The van der Waals surface area contributed by atoms with Gasteiger partial charge in [0, 0.05) is 21.5 Å². The predicted octanol–water partition coefficient (Wildman–Crippen LogP) is 12.3. The molecule has 0 fully saturated rings. The van der Waals surface area contributed by atoms with Crippen molar-refractivity contribution in [1.82, 2.24) is 0 Å². The molecular weight excluding hydrogens is 536 g/mol. The smallest absolute Gasteiger partial charge is 0.147 e. The van der Waals surface area contributed by atoms with Crippen LogP contribution in [0.1, 0.15) is 0 Å². The van der Waals surface area contributed by atoms with Gasteiger partial charge in [0.15, 0.2) is 0 Å². The summed E-state index contributed by atoms with van der Waals surface area (Å²) in [5.74, 6) is 0. The molecule has 0 aliphatic rings. The molecule has 10 rings (SSSR count). The van der Waals surface area contributed by atoms with E-state index in [-0.39, 0.29) is 0 Å². The number of benzene rings is 8. The van der Waals surface area contributed by atoms with E-state index in [9.17, 15) is 0 Å². The molecule has 0 saturated heterocycles. The summed E-state index contributed by atoms with van der Waals surface area (Å²) >= 11 is 0. The van der Waals surface area contributed by atoms with E-state index in [4.69, 9.17) is 8.83 Å². The van der Waals surface area contributed by atoms with Gasteiger partial charge in [0.25, 0.3) is 0 Å². The highest BCUT2D eigenvalue weighted by Gasteiger charge is 2.20. The highest BCUT2D eigenvalue weighted by molar-refractivity contribution is 6.26. The van der Waals surface area contributed by atoms with Crippen LogP contribution in [0.2, 0.25) is 0 Å². The SMILES string of the molecule is c1ccc(-c2c3ccccc3c(-c3ccc4c(c3)oc3c4ccc4oc5c6ccccc6ccc5c43)c3ccccc23)cc1. The molecule has 0 saturated carbocycles. The van der Waals surface area contributed by atoms with Crippen molar-refractivity contribution in [2.75, 3.05) is 0 Å². The average Bonchev–Trinajstić information content (AvgIpc) is 3.65. The summed E-state index contributed by atoms with van der Waals surface area (Å²) in [6, 6.07) is 51.9. The second kappa shape index (κ2) is 8.82. The van der Waals surface area contributed by atoms with Gasteiger partial charge in [-0.2, -0.15) is 0 Å². The van der Waals surface area contributed by atoms with E-state index in [0.717, 1.165) is 54.8 Å². The first-order chi connectivity index (χ1) is 21.8. The largest absolute Gasteiger partial charge is 0.455 e. The van der Waals surface area contributed by atoms with Crippen LogP contribution in [-0.4, -0.2) is 0 Å². The zero-order chi connectivity index (χ0) is 28.8. The molecule has 0 aliphatic carbocycles. The predicted molar refractivity (Wildman–Crippen MR) is 184 cm³/mol. The second-order valence-corrected chi connectivity index (χ2v) is 11.6. The molecule has 8 aromatic carbocycles. The van der Waals surface area contributed by atoms with Crippen molar-refractivity contribution in [3.8, 4) is 22.3 Å². The highest BCUT2D eigenvalue weighted by atomic mass is 16.3. The summed E-state index contributed by atoms with van der Waals surface area (Å²) in [7, 11) is 0. The molecule has 0 amide bonds. The van der Waals surface area contributed by atoms with Crippen LogP contribution in [0.25, 0.3) is 98.4 Å². The molecule has 2 heteroatoms. The van der Waals surface area contributed by atoms with Crippen molar-refractivity contribution in [2.24, 2.45) is 0 Å². The fourth-order valence-corrected chi connectivity index (χ4v) is 7.33. The second-order valence-electron chi connectivity index (χ2n) is 11.6. The molecular formula is C42H24O2. The topological polar surface area (TPSA) is 26.3 Å². The van der Waals surface area contributed by atoms with Gasteiger partial charge in [-0.05, 0) is 79.5 Å². The Morgan fingerprint density at radius 2 is 0.886 bits per heavy atom. The number of rotatable bonds is 2. The standard InChI is InChI=1S/C42H24O2/c1-2-11-26(12-3-1)38-30-14-6-8-16-32(30)39(33-17-9-7-15-31(33)38)27-19-20-29-34-22-23-36-40(42(34)44-37(29)24-27)35-21-18-25-10-4-5-13-28(25)41(35)43-36/h1-24H. The van der Waals surface area contributed by atoms with Crippen LogP contribution in [-0.2, 0) is 0 Å². The maximum atomic E-state index is 6.76. The molecule has 0 aliphatic heterocycles. The summed E-state index contributed by atoms with van der Waals surface area (Å²) in [4.78, 5) is 0. The first-order valence-electron chi connectivity index (χ1n) is 15.0. The zero-order valence-electron chi connectivity index (χ0n) is 23.7. The van der Waals surface area contributed by atoms with E-state index in [2.05, 4.69) is 146 Å². The molecule has 0 N–H and O–H groups in total. The van der Waals surface area contributed by atoms with Gasteiger partial charge >= 0.3 is 0 Å². The van der Waals surface area contributed by atoms with Gasteiger partial charge in [-0.1, -0.05) is 115 Å². The van der Waals surface area contributed by atoms with Crippen LogP contribution in [0.4, 0.5) is 0 Å². The summed E-state index contributed by atoms with van der Waals surface area (Å²) in [5.41, 5.74) is 8.36. The van der Waals surface area contributed by atoms with Crippen LogP contribution in [0.3, 0.4) is 0 Å². The Hall–Kier alpha value is -5.86. The summed E-state index contributed by atoms with van der Waals surface area (Å²) < 4.78 is 13.2. The lowest BCUT2D eigenvalue weighted by Crippen LogP contribution is -1.90. The van der Waals surface area contributed by atoms with Gasteiger partial charge in [-0.25, -0.2) is 0 Å². The third-order valence-electron chi connectivity index (χ3n) is 9.25. The van der Waals surface area contributed by atoms with E-state index in [1.54, 1.807) is 0 Å². The molecule has 204 valence electrons. The first kappa shape index (κ1) is 23.7. The van der Waals surface area contributed by atoms with E-state index >= 15 is 0 Å². The van der Waals surface area contributed by atoms with Crippen molar-refractivity contribution >= 4 is 76.2 Å². The van der Waals surface area contributed by atoms with E-state index in [1.807, 2.05) is 0 Å². The van der Waals surface area contributed by atoms with E-state index in [0.29, 0.717) is 0 Å². The van der Waals surface area contributed by atoms with Gasteiger partial charge in [0.2, 0.25) is 0 Å². The van der Waals surface area contributed by atoms with E-state index < -0.39 is 0 Å². The monoisotopic (exact) mass is 560 g/mol. The third-order valence-corrected chi connectivity index (χ3v) is 9.25. The lowest BCUT2D eigenvalue weighted by Gasteiger charge is -2.17. The van der Waals surface area contributed by atoms with Crippen LogP contribution < -0.4 is 0 Å². The lowest BCUT2D eigenvalue weighted by atomic mass is 9.86. The Kier molecular flexibility index (Phi) is 4.75. The van der Waals surface area contributed by atoms with Crippen molar-refractivity contribution in [1.29, 1.82) is 0 Å². The third kappa shape index (κ3) is 3.20. The van der Waals surface area contributed by atoms with Gasteiger partial charge < -0.3 is 8.83 Å². The minimum atomic E-state index is 0.844. The van der Waals surface area contributed by atoms with Crippen LogP contribution in [0, 0.1) is 0 Å². The fraction of sp³-hybridized carbons (Fsp3) is 0. The molecule has 0 radical (unpaired) electrons. The van der Waals surface area contributed by atoms with Gasteiger partial charge in [-0.3, -0.25) is 0 Å². The number of furan rings is 2. The van der Waals surface area contributed by atoms with Crippen LogP contribution >= 0.6 is 0 Å². The Bertz CT molecular complexity index is 2700. The van der Waals surface area contributed by atoms with Crippen molar-refractivity contribution in [3.63, 3.8) is 0 Å². The summed E-state index contributed by atoms with van der Waals surface area (Å²) in [5, 5.41) is 11.6. The normalized spacial score (nSPS) is 12.1. The maximum Gasteiger partial charge on any atom is 0.147 e. The minimum Gasteiger partial charge on any atom is -0.455 e.